The van der Waals surface area contributed by atoms with Gasteiger partial charge >= 0.3 is 5.97 Å². The van der Waals surface area contributed by atoms with Crippen LogP contribution in [0.3, 0.4) is 0 Å². The first-order valence-corrected chi connectivity index (χ1v) is 8.18. The maximum Gasteiger partial charge on any atom is 0.316 e. The molecule has 1 heterocycles. The minimum atomic E-state index is -1.08. The van der Waals surface area contributed by atoms with E-state index in [2.05, 4.69) is 10.1 Å². The lowest BCUT2D eigenvalue weighted by Crippen LogP contribution is -2.39. The van der Waals surface area contributed by atoms with Crippen LogP contribution in [-0.2, 0) is 14.3 Å². The number of ether oxygens (including phenoxy) is 1. The van der Waals surface area contributed by atoms with Gasteiger partial charge in [0.25, 0.3) is 0 Å². The van der Waals surface area contributed by atoms with Gasteiger partial charge in [-0.1, -0.05) is 41.6 Å². The Labute approximate surface area is 148 Å². The molecule has 6 nitrogen and oxygen atoms in total. The second-order valence-electron chi connectivity index (χ2n) is 4.81. The van der Waals surface area contributed by atoms with Crippen LogP contribution in [0.25, 0.3) is 0 Å². The molecule has 1 aromatic carbocycles. The number of halogens is 1. The van der Waals surface area contributed by atoms with E-state index in [-0.39, 0.29) is 16.4 Å². The molecule has 0 unspecified atom stereocenters. The average Bonchev–Trinajstić information content (AvgIpc) is 2.59. The van der Waals surface area contributed by atoms with Crippen LogP contribution in [-0.4, -0.2) is 24.7 Å². The molecule has 24 heavy (non-hydrogen) atoms. The standard InChI is InChI=1S/C16H12ClN3O3S/c1-23-13(21)8-24-16-11(7-19)14(10(6-18)15(22)20-16)9-4-2-3-5-12(9)17/h2-5,10,14H,8H2,1H3,(H,20,22)/t10-,14+/m0/s1. The first kappa shape index (κ1) is 17.9. The highest BCUT2D eigenvalue weighted by Crippen LogP contribution is 2.41. The van der Waals surface area contributed by atoms with Crippen LogP contribution in [0.1, 0.15) is 11.5 Å². The second kappa shape index (κ2) is 7.87. The third-order valence-electron chi connectivity index (χ3n) is 3.47. The molecule has 2 rings (SSSR count). The molecule has 1 aliphatic rings. The predicted octanol–water partition coefficient (Wildman–Crippen LogP) is 2.33. The lowest BCUT2D eigenvalue weighted by atomic mass is 9.79. The van der Waals surface area contributed by atoms with Crippen molar-refractivity contribution in [3.05, 3.63) is 45.5 Å². The van der Waals surface area contributed by atoms with Crippen LogP contribution in [0.4, 0.5) is 0 Å². The van der Waals surface area contributed by atoms with Gasteiger partial charge in [0.15, 0.2) is 0 Å². The van der Waals surface area contributed by atoms with E-state index in [1.807, 2.05) is 12.1 Å². The number of hydrogen-bond acceptors (Lipinski definition) is 6. The molecule has 122 valence electrons. The van der Waals surface area contributed by atoms with E-state index in [0.717, 1.165) is 11.8 Å². The van der Waals surface area contributed by atoms with E-state index in [0.29, 0.717) is 10.6 Å². The normalized spacial score (nSPS) is 19.9. The third kappa shape index (κ3) is 3.53. The number of hydrogen-bond donors (Lipinski definition) is 1. The van der Waals surface area contributed by atoms with Gasteiger partial charge < -0.3 is 10.1 Å². The number of carbonyl (C=O) groups is 2. The Morgan fingerprint density at radius 3 is 2.71 bits per heavy atom. The highest BCUT2D eigenvalue weighted by molar-refractivity contribution is 8.03. The third-order valence-corrected chi connectivity index (χ3v) is 4.80. The summed E-state index contributed by atoms with van der Waals surface area (Å²) in [5, 5.41) is 22.1. The molecular formula is C16H12ClN3O3S. The summed E-state index contributed by atoms with van der Waals surface area (Å²) in [7, 11) is 1.25. The summed E-state index contributed by atoms with van der Waals surface area (Å²) in [6.45, 7) is 0. The van der Waals surface area contributed by atoms with Crippen molar-refractivity contribution in [2.45, 2.75) is 5.92 Å². The minimum Gasteiger partial charge on any atom is -0.468 e. The van der Waals surface area contributed by atoms with Gasteiger partial charge in [0.1, 0.15) is 5.92 Å². The Balaban J connectivity index is 2.52. The summed E-state index contributed by atoms with van der Waals surface area (Å²) in [5.41, 5.74) is 0.719. The van der Waals surface area contributed by atoms with Crippen LogP contribution in [0, 0.1) is 28.6 Å². The zero-order chi connectivity index (χ0) is 17.7. The lowest BCUT2D eigenvalue weighted by Gasteiger charge is -2.29. The molecule has 0 fully saturated rings. The molecule has 0 radical (unpaired) electrons. The number of allylic oxidation sites excluding steroid dienone is 1. The molecule has 2 atom stereocenters. The smallest absolute Gasteiger partial charge is 0.316 e. The van der Waals surface area contributed by atoms with Crippen molar-refractivity contribution < 1.29 is 14.3 Å². The summed E-state index contributed by atoms with van der Waals surface area (Å²) in [4.78, 5) is 23.6. The van der Waals surface area contributed by atoms with E-state index in [9.17, 15) is 20.1 Å². The van der Waals surface area contributed by atoms with Gasteiger partial charge in [-0.2, -0.15) is 10.5 Å². The fourth-order valence-electron chi connectivity index (χ4n) is 2.34. The average molecular weight is 362 g/mol. The van der Waals surface area contributed by atoms with Gasteiger partial charge in [-0.15, -0.1) is 0 Å². The number of thioether (sulfide) groups is 1. The van der Waals surface area contributed by atoms with Gasteiger partial charge in [-0.05, 0) is 11.6 Å². The molecule has 0 saturated carbocycles. The molecule has 0 spiro atoms. The van der Waals surface area contributed by atoms with Gasteiger partial charge in [-0.25, -0.2) is 0 Å². The highest BCUT2D eigenvalue weighted by atomic mass is 35.5. The van der Waals surface area contributed by atoms with Crippen molar-refractivity contribution in [1.29, 1.82) is 10.5 Å². The van der Waals surface area contributed by atoms with Crippen molar-refractivity contribution >= 4 is 35.2 Å². The number of esters is 1. The number of nitrogens with one attached hydrogen (secondary N) is 1. The van der Waals surface area contributed by atoms with E-state index in [1.54, 1.807) is 24.3 Å². The topological polar surface area (TPSA) is 103 Å². The number of amides is 1. The molecule has 1 aromatic rings. The van der Waals surface area contributed by atoms with Gasteiger partial charge in [-0.3, -0.25) is 9.59 Å². The summed E-state index contributed by atoms with van der Waals surface area (Å²) >= 11 is 7.17. The van der Waals surface area contributed by atoms with Gasteiger partial charge in [0.05, 0.1) is 35.6 Å². The van der Waals surface area contributed by atoms with Crippen LogP contribution in [0.5, 0.6) is 0 Å². The monoisotopic (exact) mass is 361 g/mol. The van der Waals surface area contributed by atoms with E-state index >= 15 is 0 Å². The van der Waals surface area contributed by atoms with Crippen molar-refractivity contribution in [2.75, 3.05) is 12.9 Å². The van der Waals surface area contributed by atoms with Gasteiger partial charge in [0, 0.05) is 10.9 Å². The Morgan fingerprint density at radius 1 is 1.42 bits per heavy atom. The fourth-order valence-corrected chi connectivity index (χ4v) is 3.47. The molecule has 0 aliphatic carbocycles. The molecule has 8 heteroatoms. The minimum absolute atomic E-state index is 0.0657. The molecular weight excluding hydrogens is 350 g/mol. The lowest BCUT2D eigenvalue weighted by molar-refractivity contribution is -0.137. The molecule has 1 N–H and O–H groups in total. The SMILES string of the molecule is COC(=O)CSC1=C(C#N)[C@H](c2ccccc2Cl)[C@H](C#N)C(=O)N1. The molecule has 0 aromatic heterocycles. The van der Waals surface area contributed by atoms with Crippen LogP contribution < -0.4 is 5.32 Å². The Bertz CT molecular complexity index is 794. The number of rotatable bonds is 4. The van der Waals surface area contributed by atoms with Crippen LogP contribution in [0.2, 0.25) is 5.02 Å². The number of nitriles is 2. The largest absolute Gasteiger partial charge is 0.468 e. The second-order valence-corrected chi connectivity index (χ2v) is 6.21. The zero-order valence-corrected chi connectivity index (χ0v) is 14.1. The van der Waals surface area contributed by atoms with E-state index < -0.39 is 23.7 Å². The van der Waals surface area contributed by atoms with Crippen LogP contribution >= 0.6 is 23.4 Å². The maximum atomic E-state index is 12.3. The van der Waals surface area contributed by atoms with Crippen molar-refractivity contribution in [1.82, 2.24) is 5.32 Å². The number of nitrogens with zero attached hydrogens (tertiary/aromatic N) is 2. The van der Waals surface area contributed by atoms with Crippen LogP contribution in [0.15, 0.2) is 34.9 Å². The van der Waals surface area contributed by atoms with Crippen molar-refractivity contribution in [3.8, 4) is 12.1 Å². The molecule has 0 saturated heterocycles. The van der Waals surface area contributed by atoms with E-state index in [4.69, 9.17) is 11.6 Å². The van der Waals surface area contributed by atoms with Crippen molar-refractivity contribution in [2.24, 2.45) is 5.92 Å². The van der Waals surface area contributed by atoms with Gasteiger partial charge in [0.2, 0.25) is 5.91 Å². The highest BCUT2D eigenvalue weighted by Gasteiger charge is 2.40. The summed E-state index contributed by atoms with van der Waals surface area (Å²) < 4.78 is 4.56. The van der Waals surface area contributed by atoms with E-state index in [1.165, 1.54) is 7.11 Å². The summed E-state index contributed by atoms with van der Waals surface area (Å²) in [6, 6.07) is 10.7. The first-order valence-electron chi connectivity index (χ1n) is 6.82. The predicted molar refractivity (Wildman–Crippen MR) is 88.6 cm³/mol. The number of carbonyl (C=O) groups excluding carboxylic acids is 2. The number of benzene rings is 1. The zero-order valence-electron chi connectivity index (χ0n) is 12.6. The maximum absolute atomic E-state index is 12.3. The molecule has 1 amide bonds. The summed E-state index contributed by atoms with van der Waals surface area (Å²) in [5.74, 6) is -2.96. The Kier molecular flexibility index (Phi) is 5.86. The first-order chi connectivity index (χ1) is 11.5. The molecule has 0 bridgehead atoms. The fraction of sp³-hybridized carbons (Fsp3) is 0.250. The van der Waals surface area contributed by atoms with Crippen molar-refractivity contribution in [3.63, 3.8) is 0 Å². The number of methoxy groups -OCH3 is 1. The summed E-state index contributed by atoms with van der Waals surface area (Å²) in [6.07, 6.45) is 0. The Morgan fingerprint density at radius 2 is 2.12 bits per heavy atom. The molecule has 1 aliphatic heterocycles. The Hall–Kier alpha value is -2.48. The quantitative estimate of drug-likeness (QED) is 0.825.